The Morgan fingerprint density at radius 2 is 1.92 bits per heavy atom. The summed E-state index contributed by atoms with van der Waals surface area (Å²) >= 11 is 3.14. The Morgan fingerprint density at radius 1 is 1.23 bits per heavy atom. The van der Waals surface area contributed by atoms with Crippen LogP contribution in [0.4, 0.5) is 0 Å². The van der Waals surface area contributed by atoms with E-state index in [0.29, 0.717) is 26.2 Å². The molecule has 2 unspecified atom stereocenters. The molecule has 26 heavy (non-hydrogen) atoms. The highest BCUT2D eigenvalue weighted by atomic mass is 32.2. The number of rotatable bonds is 5. The maximum atomic E-state index is 12.6. The molecule has 140 valence electrons. The lowest BCUT2D eigenvalue weighted by molar-refractivity contribution is -0.137. The number of carbonyl (C=O) groups excluding carboxylic acids is 2. The predicted octanol–water partition coefficient (Wildman–Crippen LogP) is 2.20. The van der Waals surface area contributed by atoms with Crippen LogP contribution >= 0.6 is 22.7 Å². The van der Waals surface area contributed by atoms with Crippen LogP contribution in [0.25, 0.3) is 10.6 Å². The Balaban J connectivity index is 1.56. The van der Waals surface area contributed by atoms with Gasteiger partial charge in [0.05, 0.1) is 11.4 Å². The number of hydrogen-bond acceptors (Lipinski definition) is 6. The summed E-state index contributed by atoms with van der Waals surface area (Å²) in [6.45, 7) is 5.32. The molecule has 2 atom stereocenters. The molecular weight excluding hydrogens is 390 g/mol. The van der Waals surface area contributed by atoms with Gasteiger partial charge in [-0.3, -0.25) is 13.8 Å². The van der Waals surface area contributed by atoms with Crippen LogP contribution in [0.3, 0.4) is 0 Å². The van der Waals surface area contributed by atoms with Crippen LogP contribution in [0.1, 0.15) is 19.5 Å². The average molecular weight is 412 g/mol. The molecule has 0 aliphatic carbocycles. The van der Waals surface area contributed by atoms with Crippen molar-refractivity contribution >= 4 is 45.3 Å². The van der Waals surface area contributed by atoms with Crippen LogP contribution in [0.2, 0.25) is 0 Å². The molecule has 0 N–H and O–H groups in total. The molecule has 9 heteroatoms. The second-order valence-electron chi connectivity index (χ2n) is 6.15. The van der Waals surface area contributed by atoms with Crippen molar-refractivity contribution in [3.63, 3.8) is 0 Å². The molecule has 6 nitrogen and oxygen atoms in total. The number of thiophene rings is 1. The summed E-state index contributed by atoms with van der Waals surface area (Å²) in [5, 5.41) is 6.28. The lowest BCUT2D eigenvalue weighted by Gasteiger charge is -2.35. The van der Waals surface area contributed by atoms with Gasteiger partial charge in [-0.05, 0) is 18.4 Å². The van der Waals surface area contributed by atoms with Gasteiger partial charge in [0, 0.05) is 60.2 Å². The average Bonchev–Trinajstić information content (AvgIpc) is 3.32. The molecule has 1 fully saturated rings. The highest BCUT2D eigenvalue weighted by molar-refractivity contribution is 7.85. The Hall–Kier alpha value is -1.58. The first-order valence-corrected chi connectivity index (χ1v) is 11.5. The summed E-state index contributed by atoms with van der Waals surface area (Å²) in [7, 11) is -1.32. The van der Waals surface area contributed by atoms with E-state index in [2.05, 4.69) is 4.98 Å². The van der Waals surface area contributed by atoms with E-state index < -0.39 is 16.0 Å². The third-order valence-electron chi connectivity index (χ3n) is 4.39. The van der Waals surface area contributed by atoms with E-state index in [0.717, 1.165) is 16.3 Å². The van der Waals surface area contributed by atoms with Crippen LogP contribution in [-0.4, -0.2) is 62.2 Å². The maximum Gasteiger partial charge on any atom is 0.238 e. The van der Waals surface area contributed by atoms with Crippen molar-refractivity contribution in [3.8, 4) is 10.6 Å². The van der Waals surface area contributed by atoms with Crippen LogP contribution < -0.4 is 0 Å². The summed E-state index contributed by atoms with van der Waals surface area (Å²) in [6.07, 6.45) is 0. The molecule has 3 rings (SSSR count). The van der Waals surface area contributed by atoms with Gasteiger partial charge in [-0.15, -0.1) is 11.3 Å². The first-order chi connectivity index (χ1) is 12.5. The number of carbonyl (C=O) groups is 2. The van der Waals surface area contributed by atoms with Gasteiger partial charge in [-0.25, -0.2) is 4.98 Å². The molecule has 0 saturated carbocycles. The van der Waals surface area contributed by atoms with Crippen LogP contribution in [0.15, 0.2) is 22.2 Å². The zero-order valence-corrected chi connectivity index (χ0v) is 17.2. The molecule has 1 aliphatic rings. The Kier molecular flexibility index (Phi) is 6.20. The number of piperazine rings is 1. The standard InChI is InChI=1S/C17H21N3O3S3/c1-12(17(22)20-6-4-19(5-7-20)13(2)21)26(23)11-15-10-25-16(18-15)14-3-8-24-9-14/h3,8-10,12H,4-7,11H2,1-2H3. The molecule has 0 radical (unpaired) electrons. The lowest BCUT2D eigenvalue weighted by Crippen LogP contribution is -2.52. The molecule has 0 spiro atoms. The number of thiazole rings is 1. The van der Waals surface area contributed by atoms with E-state index in [1.54, 1.807) is 28.1 Å². The van der Waals surface area contributed by atoms with Gasteiger partial charge in [0.25, 0.3) is 0 Å². The SMILES string of the molecule is CC(=O)N1CCN(C(=O)C(C)S(=O)Cc2csc(-c3ccsc3)n2)CC1. The van der Waals surface area contributed by atoms with Gasteiger partial charge in [0.2, 0.25) is 11.8 Å². The van der Waals surface area contributed by atoms with Crippen molar-refractivity contribution in [2.24, 2.45) is 0 Å². The van der Waals surface area contributed by atoms with Gasteiger partial charge >= 0.3 is 0 Å². The number of amides is 2. The Morgan fingerprint density at radius 3 is 2.54 bits per heavy atom. The largest absolute Gasteiger partial charge is 0.339 e. The van der Waals surface area contributed by atoms with Gasteiger partial charge in [-0.1, -0.05) is 0 Å². The molecule has 1 aliphatic heterocycles. The topological polar surface area (TPSA) is 70.6 Å². The molecule has 3 heterocycles. The minimum atomic E-state index is -1.32. The molecule has 2 aromatic rings. The fourth-order valence-corrected chi connectivity index (χ4v) is 5.47. The summed E-state index contributed by atoms with van der Waals surface area (Å²) in [6, 6.07) is 2.01. The van der Waals surface area contributed by atoms with Crippen LogP contribution in [0.5, 0.6) is 0 Å². The van der Waals surface area contributed by atoms with E-state index in [4.69, 9.17) is 0 Å². The van der Waals surface area contributed by atoms with Crippen molar-refractivity contribution < 1.29 is 13.8 Å². The quantitative estimate of drug-likeness (QED) is 0.756. The van der Waals surface area contributed by atoms with Crippen LogP contribution in [-0.2, 0) is 26.1 Å². The zero-order chi connectivity index (χ0) is 18.7. The lowest BCUT2D eigenvalue weighted by atomic mass is 10.3. The van der Waals surface area contributed by atoms with Crippen molar-refractivity contribution in [1.82, 2.24) is 14.8 Å². The molecule has 1 saturated heterocycles. The fourth-order valence-electron chi connectivity index (χ4n) is 2.77. The summed E-state index contributed by atoms with van der Waals surface area (Å²) in [5.41, 5.74) is 1.83. The van der Waals surface area contributed by atoms with E-state index >= 15 is 0 Å². The van der Waals surface area contributed by atoms with E-state index in [9.17, 15) is 13.8 Å². The predicted molar refractivity (Wildman–Crippen MR) is 106 cm³/mol. The van der Waals surface area contributed by atoms with Gasteiger partial charge < -0.3 is 9.80 Å². The van der Waals surface area contributed by atoms with E-state index in [-0.39, 0.29) is 17.6 Å². The summed E-state index contributed by atoms with van der Waals surface area (Å²) in [5.74, 6) is 0.194. The van der Waals surface area contributed by atoms with Crippen molar-refractivity contribution in [3.05, 3.63) is 27.9 Å². The number of aromatic nitrogens is 1. The second-order valence-corrected chi connectivity index (χ2v) is 9.55. The molecule has 2 aromatic heterocycles. The van der Waals surface area contributed by atoms with Crippen molar-refractivity contribution in [1.29, 1.82) is 0 Å². The smallest absolute Gasteiger partial charge is 0.238 e. The molecule has 0 aromatic carbocycles. The van der Waals surface area contributed by atoms with Gasteiger partial charge in [0.15, 0.2) is 0 Å². The summed E-state index contributed by atoms with van der Waals surface area (Å²) < 4.78 is 12.6. The molecule has 0 bridgehead atoms. The third kappa shape index (κ3) is 4.39. The van der Waals surface area contributed by atoms with Gasteiger partial charge in [-0.2, -0.15) is 11.3 Å². The number of nitrogens with zero attached hydrogens (tertiary/aromatic N) is 3. The summed E-state index contributed by atoms with van der Waals surface area (Å²) in [4.78, 5) is 32.0. The van der Waals surface area contributed by atoms with E-state index in [1.165, 1.54) is 18.3 Å². The first kappa shape index (κ1) is 19.2. The highest BCUT2D eigenvalue weighted by Gasteiger charge is 2.29. The minimum absolute atomic E-state index is 0.0266. The van der Waals surface area contributed by atoms with Crippen molar-refractivity contribution in [2.45, 2.75) is 24.9 Å². The van der Waals surface area contributed by atoms with Crippen molar-refractivity contribution in [2.75, 3.05) is 26.2 Å². The normalized spacial score (nSPS) is 17.2. The fraction of sp³-hybridized carbons (Fsp3) is 0.471. The first-order valence-electron chi connectivity index (χ1n) is 8.34. The van der Waals surface area contributed by atoms with Gasteiger partial charge in [0.1, 0.15) is 10.3 Å². The van der Waals surface area contributed by atoms with Crippen LogP contribution in [0, 0.1) is 0 Å². The highest BCUT2D eigenvalue weighted by Crippen LogP contribution is 2.26. The Labute approximate surface area is 163 Å². The van der Waals surface area contributed by atoms with E-state index in [1.807, 2.05) is 22.2 Å². The molecular formula is C17H21N3O3S3. The third-order valence-corrected chi connectivity index (χ3v) is 7.58. The monoisotopic (exact) mass is 411 g/mol. The zero-order valence-electron chi connectivity index (χ0n) is 14.7. The maximum absolute atomic E-state index is 12.6. The Bertz CT molecular complexity index is 795. The second kappa shape index (κ2) is 8.41. The molecule has 2 amide bonds. The number of hydrogen-bond donors (Lipinski definition) is 0. The minimum Gasteiger partial charge on any atom is -0.339 e.